The molecule has 5 nitrogen and oxygen atoms in total. The van der Waals surface area contributed by atoms with Crippen LogP contribution < -0.4 is 0 Å². The molecule has 0 saturated heterocycles. The quantitative estimate of drug-likeness (QED) is 0.760. The zero-order valence-corrected chi connectivity index (χ0v) is 11.5. The third kappa shape index (κ3) is 3.36. The molecule has 1 aromatic heterocycles. The number of esters is 1. The molecule has 2 rings (SSSR count). The summed E-state index contributed by atoms with van der Waals surface area (Å²) in [5.74, 6) is 0.638. The summed E-state index contributed by atoms with van der Waals surface area (Å²) in [6, 6.07) is 2.32. The molecule has 0 aromatic carbocycles. The smallest absolute Gasteiger partial charge is 0.373 e. The van der Waals surface area contributed by atoms with Crippen LogP contribution in [0.1, 0.15) is 41.6 Å². The Morgan fingerprint density at radius 1 is 1.58 bits per heavy atom. The summed E-state index contributed by atoms with van der Waals surface area (Å²) in [5, 5.41) is 9.11. The van der Waals surface area contributed by atoms with Crippen molar-refractivity contribution >= 4 is 5.97 Å². The second kappa shape index (κ2) is 6.21. The number of hydrogen-bond acceptors (Lipinski definition) is 5. The number of aliphatic hydroxyl groups is 1. The van der Waals surface area contributed by atoms with Crippen LogP contribution in [0, 0.1) is 0 Å². The first-order valence-corrected chi connectivity index (χ1v) is 6.74. The molecule has 0 spiro atoms. The molecule has 0 unspecified atom stereocenters. The van der Waals surface area contributed by atoms with Gasteiger partial charge in [-0.2, -0.15) is 0 Å². The summed E-state index contributed by atoms with van der Waals surface area (Å²) in [4.78, 5) is 13.7. The number of carbonyl (C=O) groups is 1. The molecule has 0 atom stereocenters. The number of hydrogen-bond donors (Lipinski definition) is 1. The number of furan rings is 1. The molecule has 1 aliphatic rings. The third-order valence-electron chi connectivity index (χ3n) is 3.43. The lowest BCUT2D eigenvalue weighted by molar-refractivity contribution is 0.0563. The fourth-order valence-corrected chi connectivity index (χ4v) is 2.28. The van der Waals surface area contributed by atoms with Crippen LogP contribution in [-0.2, 0) is 17.7 Å². The summed E-state index contributed by atoms with van der Waals surface area (Å²) >= 11 is 0. The van der Waals surface area contributed by atoms with Crippen LogP contribution in [-0.4, -0.2) is 42.3 Å². The lowest BCUT2D eigenvalue weighted by Crippen LogP contribution is -2.28. The molecule has 1 aromatic rings. The van der Waals surface area contributed by atoms with E-state index in [-0.39, 0.29) is 12.4 Å². The standard InChI is InChI=1S/C14H21NO4/c1-3-12-10(8-13(19-12)14(17)18-2)9-15(6-7-16)11-4-5-11/h8,11,16H,3-7,9H2,1-2H3. The van der Waals surface area contributed by atoms with Gasteiger partial charge in [0, 0.05) is 31.1 Å². The SMILES string of the molecule is CCc1oc(C(=O)OC)cc1CN(CCO)C1CC1. The summed E-state index contributed by atoms with van der Waals surface area (Å²) in [5.41, 5.74) is 1.02. The fraction of sp³-hybridized carbons (Fsp3) is 0.643. The Labute approximate surface area is 113 Å². The fourth-order valence-electron chi connectivity index (χ4n) is 2.28. The normalized spacial score (nSPS) is 14.9. The molecular weight excluding hydrogens is 246 g/mol. The summed E-state index contributed by atoms with van der Waals surface area (Å²) in [6.07, 6.45) is 3.11. The highest BCUT2D eigenvalue weighted by molar-refractivity contribution is 5.86. The molecule has 0 aliphatic heterocycles. The molecule has 1 aliphatic carbocycles. The van der Waals surface area contributed by atoms with Crippen LogP contribution in [0.4, 0.5) is 0 Å². The number of rotatable bonds is 7. The molecular formula is C14H21NO4. The summed E-state index contributed by atoms with van der Waals surface area (Å²) in [6.45, 7) is 3.53. The Hall–Kier alpha value is -1.33. The minimum Gasteiger partial charge on any atom is -0.463 e. The van der Waals surface area contributed by atoms with Gasteiger partial charge < -0.3 is 14.3 Å². The Morgan fingerprint density at radius 3 is 2.84 bits per heavy atom. The second-order valence-corrected chi connectivity index (χ2v) is 4.83. The van der Waals surface area contributed by atoms with Gasteiger partial charge in [0.05, 0.1) is 13.7 Å². The third-order valence-corrected chi connectivity index (χ3v) is 3.43. The lowest BCUT2D eigenvalue weighted by atomic mass is 10.2. The highest BCUT2D eigenvalue weighted by Crippen LogP contribution is 2.29. The van der Waals surface area contributed by atoms with Crippen molar-refractivity contribution < 1.29 is 19.1 Å². The topological polar surface area (TPSA) is 62.9 Å². The van der Waals surface area contributed by atoms with Crippen molar-refractivity contribution in [3.63, 3.8) is 0 Å². The zero-order chi connectivity index (χ0) is 13.8. The summed E-state index contributed by atoms with van der Waals surface area (Å²) < 4.78 is 10.2. The summed E-state index contributed by atoms with van der Waals surface area (Å²) in [7, 11) is 1.35. The highest BCUT2D eigenvalue weighted by atomic mass is 16.5. The largest absolute Gasteiger partial charge is 0.463 e. The van der Waals surface area contributed by atoms with E-state index in [9.17, 15) is 4.79 Å². The number of nitrogens with zero attached hydrogens (tertiary/aromatic N) is 1. The minimum atomic E-state index is -0.443. The maximum atomic E-state index is 11.5. The van der Waals surface area contributed by atoms with E-state index in [1.54, 1.807) is 6.07 Å². The molecule has 0 radical (unpaired) electrons. The van der Waals surface area contributed by atoms with E-state index in [0.717, 1.165) is 24.3 Å². The van der Waals surface area contributed by atoms with E-state index in [4.69, 9.17) is 9.52 Å². The van der Waals surface area contributed by atoms with E-state index in [1.165, 1.54) is 20.0 Å². The van der Waals surface area contributed by atoms with Gasteiger partial charge in [0.1, 0.15) is 5.76 Å². The Kier molecular flexibility index (Phi) is 4.61. The average Bonchev–Trinajstić information content (AvgIpc) is 3.19. The molecule has 0 amide bonds. The van der Waals surface area contributed by atoms with Gasteiger partial charge in [0.15, 0.2) is 0 Å². The first kappa shape index (κ1) is 14.1. The number of aryl methyl sites for hydroxylation is 1. The van der Waals surface area contributed by atoms with E-state index in [1.807, 2.05) is 6.92 Å². The van der Waals surface area contributed by atoms with Gasteiger partial charge in [0.2, 0.25) is 5.76 Å². The lowest BCUT2D eigenvalue weighted by Gasteiger charge is -2.20. The van der Waals surface area contributed by atoms with Gasteiger partial charge in [0.25, 0.3) is 0 Å². The number of aliphatic hydroxyl groups excluding tert-OH is 1. The molecule has 5 heteroatoms. The van der Waals surface area contributed by atoms with Gasteiger partial charge in [-0.25, -0.2) is 4.79 Å². The molecule has 1 fully saturated rings. The van der Waals surface area contributed by atoms with Crippen LogP contribution in [0.25, 0.3) is 0 Å². The molecule has 0 bridgehead atoms. The molecule has 1 N–H and O–H groups in total. The minimum absolute atomic E-state index is 0.152. The average molecular weight is 267 g/mol. The molecule has 19 heavy (non-hydrogen) atoms. The van der Waals surface area contributed by atoms with Gasteiger partial charge >= 0.3 is 5.97 Å². The van der Waals surface area contributed by atoms with Crippen molar-refractivity contribution in [3.05, 3.63) is 23.2 Å². The van der Waals surface area contributed by atoms with Gasteiger partial charge in [-0.15, -0.1) is 0 Å². The van der Waals surface area contributed by atoms with E-state index in [2.05, 4.69) is 9.64 Å². The first-order valence-electron chi connectivity index (χ1n) is 6.74. The van der Waals surface area contributed by atoms with Crippen molar-refractivity contribution in [3.8, 4) is 0 Å². The van der Waals surface area contributed by atoms with Crippen molar-refractivity contribution in [2.24, 2.45) is 0 Å². The monoisotopic (exact) mass is 267 g/mol. The van der Waals surface area contributed by atoms with Crippen LogP contribution in [0.3, 0.4) is 0 Å². The Balaban J connectivity index is 2.13. The molecule has 1 heterocycles. The number of methoxy groups -OCH3 is 1. The highest BCUT2D eigenvalue weighted by Gasteiger charge is 2.29. The van der Waals surface area contributed by atoms with Crippen molar-refractivity contribution in [1.82, 2.24) is 4.90 Å². The first-order chi connectivity index (χ1) is 9.19. The van der Waals surface area contributed by atoms with E-state index >= 15 is 0 Å². The van der Waals surface area contributed by atoms with Crippen LogP contribution >= 0.6 is 0 Å². The maximum Gasteiger partial charge on any atom is 0.373 e. The van der Waals surface area contributed by atoms with Crippen molar-refractivity contribution in [2.45, 2.75) is 38.8 Å². The maximum absolute atomic E-state index is 11.5. The van der Waals surface area contributed by atoms with Crippen LogP contribution in [0.5, 0.6) is 0 Å². The number of ether oxygens (including phenoxy) is 1. The van der Waals surface area contributed by atoms with Crippen molar-refractivity contribution in [2.75, 3.05) is 20.3 Å². The predicted molar refractivity (Wildman–Crippen MR) is 69.9 cm³/mol. The zero-order valence-electron chi connectivity index (χ0n) is 11.5. The Bertz CT molecular complexity index is 437. The molecule has 106 valence electrons. The van der Waals surface area contributed by atoms with Crippen molar-refractivity contribution in [1.29, 1.82) is 0 Å². The predicted octanol–water partition coefficient (Wildman–Crippen LogP) is 1.59. The van der Waals surface area contributed by atoms with Gasteiger partial charge in [-0.3, -0.25) is 4.90 Å². The van der Waals surface area contributed by atoms with E-state index < -0.39 is 5.97 Å². The van der Waals surface area contributed by atoms with Crippen LogP contribution in [0.15, 0.2) is 10.5 Å². The Morgan fingerprint density at radius 2 is 2.32 bits per heavy atom. The van der Waals surface area contributed by atoms with Gasteiger partial charge in [-0.05, 0) is 18.9 Å². The van der Waals surface area contributed by atoms with Crippen LogP contribution in [0.2, 0.25) is 0 Å². The molecule has 1 saturated carbocycles. The number of carbonyl (C=O) groups excluding carboxylic acids is 1. The van der Waals surface area contributed by atoms with E-state index in [0.29, 0.717) is 12.6 Å². The second-order valence-electron chi connectivity index (χ2n) is 4.83. The van der Waals surface area contributed by atoms with Gasteiger partial charge in [-0.1, -0.05) is 6.92 Å².